The van der Waals surface area contributed by atoms with Crippen LogP contribution in [-0.4, -0.2) is 54.2 Å². The Labute approximate surface area is 127 Å². The van der Waals surface area contributed by atoms with E-state index in [0.717, 1.165) is 5.56 Å². The Hall–Kier alpha value is -1.99. The number of rotatable bonds is 5. The van der Waals surface area contributed by atoms with E-state index in [1.54, 1.807) is 12.1 Å². The molecule has 2 atom stereocenters. The first-order chi connectivity index (χ1) is 10.4. The molecule has 120 valence electrons. The Bertz CT molecular complexity index is 535. The fraction of sp³-hybridized carbons (Fsp3) is 0.467. The molecule has 2 unspecified atom stereocenters. The van der Waals surface area contributed by atoms with Gasteiger partial charge in [-0.1, -0.05) is 12.1 Å². The highest BCUT2D eigenvalue weighted by Crippen LogP contribution is 2.25. The second-order valence-electron chi connectivity index (χ2n) is 5.35. The lowest BCUT2D eigenvalue weighted by molar-refractivity contribution is -0.138. The molecule has 1 aromatic rings. The van der Waals surface area contributed by atoms with E-state index in [2.05, 4.69) is 5.32 Å². The highest BCUT2D eigenvalue weighted by Gasteiger charge is 2.27. The van der Waals surface area contributed by atoms with Crippen molar-refractivity contribution >= 4 is 11.9 Å². The van der Waals surface area contributed by atoms with Crippen molar-refractivity contribution in [3.05, 3.63) is 35.6 Å². The highest BCUT2D eigenvalue weighted by molar-refractivity contribution is 5.82. The molecular formula is C15H19FN2O4. The molecule has 1 heterocycles. The summed E-state index contributed by atoms with van der Waals surface area (Å²) in [6.07, 6.45) is -0.312. The van der Waals surface area contributed by atoms with Crippen molar-refractivity contribution in [2.24, 2.45) is 0 Å². The summed E-state index contributed by atoms with van der Waals surface area (Å²) in [5.74, 6) is -1.72. The fourth-order valence-corrected chi connectivity index (χ4v) is 2.46. The van der Waals surface area contributed by atoms with Gasteiger partial charge in [-0.2, -0.15) is 0 Å². The van der Waals surface area contributed by atoms with Gasteiger partial charge in [-0.25, -0.2) is 4.39 Å². The second-order valence-corrected chi connectivity index (χ2v) is 5.35. The Morgan fingerprint density at radius 2 is 2.05 bits per heavy atom. The molecule has 0 saturated carbocycles. The summed E-state index contributed by atoms with van der Waals surface area (Å²) in [7, 11) is 0. The van der Waals surface area contributed by atoms with Crippen LogP contribution in [0, 0.1) is 5.82 Å². The molecule has 0 radical (unpaired) electrons. The lowest BCUT2D eigenvalue weighted by atomic mass is 10.1. The van der Waals surface area contributed by atoms with Gasteiger partial charge in [-0.3, -0.25) is 14.5 Å². The van der Waals surface area contributed by atoms with Crippen LogP contribution in [0.5, 0.6) is 0 Å². The molecule has 1 fully saturated rings. The van der Waals surface area contributed by atoms with Crippen molar-refractivity contribution in [2.45, 2.75) is 19.1 Å². The van der Waals surface area contributed by atoms with Crippen LogP contribution in [0.25, 0.3) is 0 Å². The van der Waals surface area contributed by atoms with E-state index in [-0.39, 0.29) is 37.0 Å². The van der Waals surface area contributed by atoms with Crippen LogP contribution >= 0.6 is 0 Å². The van der Waals surface area contributed by atoms with Crippen LogP contribution in [0.3, 0.4) is 0 Å². The number of ether oxygens (including phenoxy) is 1. The maximum Gasteiger partial charge on any atom is 0.322 e. The first-order valence-corrected chi connectivity index (χ1v) is 7.06. The van der Waals surface area contributed by atoms with Crippen molar-refractivity contribution in [3.8, 4) is 0 Å². The molecule has 6 nitrogen and oxygen atoms in total. The molecule has 1 saturated heterocycles. The summed E-state index contributed by atoms with van der Waals surface area (Å²) in [5, 5.41) is 10.9. The van der Waals surface area contributed by atoms with E-state index in [0.29, 0.717) is 13.1 Å². The number of nitrogens with one attached hydrogen (secondary N) is 1. The third kappa shape index (κ3) is 4.78. The number of halogens is 1. The van der Waals surface area contributed by atoms with E-state index >= 15 is 0 Å². The van der Waals surface area contributed by atoms with Crippen LogP contribution in [0.2, 0.25) is 0 Å². The zero-order valence-electron chi connectivity index (χ0n) is 12.3. The van der Waals surface area contributed by atoms with Gasteiger partial charge in [0.25, 0.3) is 0 Å². The molecule has 22 heavy (non-hydrogen) atoms. The average Bonchev–Trinajstić information content (AvgIpc) is 2.45. The number of amides is 1. The van der Waals surface area contributed by atoms with Crippen LogP contribution in [0.1, 0.15) is 18.6 Å². The highest BCUT2D eigenvalue weighted by atomic mass is 19.1. The Kier molecular flexibility index (Phi) is 5.46. The van der Waals surface area contributed by atoms with Gasteiger partial charge >= 0.3 is 5.97 Å². The van der Waals surface area contributed by atoms with E-state index < -0.39 is 5.97 Å². The molecule has 0 aliphatic carbocycles. The van der Waals surface area contributed by atoms with Crippen LogP contribution in [0.15, 0.2) is 24.3 Å². The number of nitrogens with zero attached hydrogens (tertiary/aromatic N) is 1. The quantitative estimate of drug-likeness (QED) is 0.840. The second kappa shape index (κ2) is 7.33. The zero-order valence-corrected chi connectivity index (χ0v) is 12.3. The molecule has 1 aliphatic heterocycles. The summed E-state index contributed by atoms with van der Waals surface area (Å²) < 4.78 is 18.8. The van der Waals surface area contributed by atoms with Crippen molar-refractivity contribution in [2.75, 3.05) is 26.2 Å². The topological polar surface area (TPSA) is 78.9 Å². The number of carbonyl (C=O) groups excluding carboxylic acids is 1. The number of carbonyl (C=O) groups is 2. The SMILES string of the molecule is CC1CN(CC(=O)NCC(=O)O)CC(c2ccc(F)cc2)O1. The van der Waals surface area contributed by atoms with Crippen molar-refractivity contribution in [3.63, 3.8) is 0 Å². The third-order valence-corrected chi connectivity index (χ3v) is 3.38. The number of morpholine rings is 1. The predicted molar refractivity (Wildman–Crippen MR) is 76.8 cm³/mol. The Morgan fingerprint density at radius 3 is 2.68 bits per heavy atom. The maximum absolute atomic E-state index is 13.0. The fourth-order valence-electron chi connectivity index (χ4n) is 2.46. The molecule has 1 aliphatic rings. The van der Waals surface area contributed by atoms with E-state index in [1.807, 2.05) is 11.8 Å². The first-order valence-electron chi connectivity index (χ1n) is 7.06. The van der Waals surface area contributed by atoms with E-state index in [1.165, 1.54) is 12.1 Å². The zero-order chi connectivity index (χ0) is 16.1. The minimum absolute atomic E-state index is 0.0731. The van der Waals surface area contributed by atoms with Crippen LogP contribution < -0.4 is 5.32 Å². The maximum atomic E-state index is 13.0. The third-order valence-electron chi connectivity index (χ3n) is 3.38. The van der Waals surface area contributed by atoms with Gasteiger partial charge in [0.2, 0.25) is 5.91 Å². The lowest BCUT2D eigenvalue weighted by Crippen LogP contribution is -2.47. The van der Waals surface area contributed by atoms with E-state index in [4.69, 9.17) is 9.84 Å². The Morgan fingerprint density at radius 1 is 1.36 bits per heavy atom. The van der Waals surface area contributed by atoms with Gasteiger partial charge in [0.1, 0.15) is 12.4 Å². The summed E-state index contributed by atoms with van der Waals surface area (Å²) in [5.41, 5.74) is 0.851. The average molecular weight is 310 g/mol. The van der Waals surface area contributed by atoms with Gasteiger partial charge in [0.05, 0.1) is 18.8 Å². The molecule has 0 spiro atoms. The largest absolute Gasteiger partial charge is 0.480 e. The minimum atomic E-state index is -1.08. The summed E-state index contributed by atoms with van der Waals surface area (Å²) >= 11 is 0. The van der Waals surface area contributed by atoms with Gasteiger partial charge in [-0.15, -0.1) is 0 Å². The molecule has 2 rings (SSSR count). The normalized spacial score (nSPS) is 22.3. The van der Waals surface area contributed by atoms with Gasteiger partial charge in [-0.05, 0) is 24.6 Å². The monoisotopic (exact) mass is 310 g/mol. The van der Waals surface area contributed by atoms with Gasteiger partial charge < -0.3 is 15.2 Å². The van der Waals surface area contributed by atoms with Crippen molar-refractivity contribution in [1.82, 2.24) is 10.2 Å². The predicted octanol–water partition coefficient (Wildman–Crippen LogP) is 0.788. The molecule has 2 N–H and O–H groups in total. The van der Waals surface area contributed by atoms with E-state index in [9.17, 15) is 14.0 Å². The molecule has 0 aromatic heterocycles. The van der Waals surface area contributed by atoms with Crippen molar-refractivity contribution in [1.29, 1.82) is 0 Å². The summed E-state index contributed by atoms with van der Waals surface area (Å²) in [6, 6.07) is 6.09. The Balaban J connectivity index is 1.94. The molecular weight excluding hydrogens is 291 g/mol. The summed E-state index contributed by atoms with van der Waals surface area (Å²) in [6.45, 7) is 2.70. The number of carboxylic acid groups (broad SMARTS) is 1. The minimum Gasteiger partial charge on any atom is -0.480 e. The van der Waals surface area contributed by atoms with Gasteiger partial charge in [0.15, 0.2) is 0 Å². The smallest absolute Gasteiger partial charge is 0.322 e. The summed E-state index contributed by atoms with van der Waals surface area (Å²) in [4.78, 5) is 24.0. The number of carboxylic acids is 1. The molecule has 7 heteroatoms. The lowest BCUT2D eigenvalue weighted by Gasteiger charge is -2.36. The van der Waals surface area contributed by atoms with Crippen LogP contribution in [-0.2, 0) is 14.3 Å². The molecule has 1 aromatic carbocycles. The number of hydrogen-bond acceptors (Lipinski definition) is 4. The van der Waals surface area contributed by atoms with Crippen molar-refractivity contribution < 1.29 is 23.8 Å². The standard InChI is InChI=1S/C15H19FN2O4/c1-10-7-18(9-14(19)17-6-15(20)21)8-13(22-10)11-2-4-12(16)5-3-11/h2-5,10,13H,6-9H2,1H3,(H,17,19)(H,20,21). The molecule has 0 bridgehead atoms. The first kappa shape index (κ1) is 16.4. The molecule has 1 amide bonds. The number of aliphatic carboxylic acids is 1. The van der Waals surface area contributed by atoms with Crippen LogP contribution in [0.4, 0.5) is 4.39 Å². The van der Waals surface area contributed by atoms with Gasteiger partial charge in [0, 0.05) is 13.1 Å². The number of benzene rings is 1. The number of hydrogen-bond donors (Lipinski definition) is 2.